The number of ether oxygens (including phenoxy) is 1. The number of methoxy groups -OCH3 is 1. The highest BCUT2D eigenvalue weighted by molar-refractivity contribution is 5.17. The third-order valence-electron chi connectivity index (χ3n) is 2.68. The fourth-order valence-electron chi connectivity index (χ4n) is 1.74. The molecule has 0 spiro atoms. The van der Waals surface area contributed by atoms with E-state index in [0.29, 0.717) is 6.04 Å². The van der Waals surface area contributed by atoms with Crippen molar-refractivity contribution in [1.82, 2.24) is 10.3 Å². The van der Waals surface area contributed by atoms with Crippen LogP contribution in [-0.4, -0.2) is 24.7 Å². The first kappa shape index (κ1) is 13.1. The number of nitrogens with zero attached hydrogens (tertiary/aromatic N) is 1. The van der Waals surface area contributed by atoms with Crippen LogP contribution in [0.4, 0.5) is 0 Å². The first-order chi connectivity index (χ1) is 7.77. The summed E-state index contributed by atoms with van der Waals surface area (Å²) in [5, 5.41) is 3.49. The van der Waals surface area contributed by atoms with Gasteiger partial charge in [-0.2, -0.15) is 0 Å². The van der Waals surface area contributed by atoms with Crippen molar-refractivity contribution in [3.63, 3.8) is 0 Å². The quantitative estimate of drug-likeness (QED) is 0.768. The summed E-state index contributed by atoms with van der Waals surface area (Å²) in [6, 6.07) is 4.49. The van der Waals surface area contributed by atoms with Crippen LogP contribution >= 0.6 is 0 Å². The van der Waals surface area contributed by atoms with Crippen molar-refractivity contribution in [2.24, 2.45) is 0 Å². The average Bonchev–Trinajstić information content (AvgIpc) is 2.28. The number of aromatic nitrogens is 1. The Labute approximate surface area is 98.2 Å². The minimum absolute atomic E-state index is 0.427. The lowest BCUT2D eigenvalue weighted by Gasteiger charge is -2.17. The van der Waals surface area contributed by atoms with Gasteiger partial charge in [-0.25, -0.2) is 0 Å². The molecular formula is C13H22N2O. The maximum atomic E-state index is 5.19. The monoisotopic (exact) mass is 222 g/mol. The Kier molecular flexibility index (Phi) is 6.04. The standard InChI is InChI=1S/C13H22N2O/c1-4-6-12(10-16-3)15-9-13-11(2)7-5-8-14-13/h5,7-8,12,15H,4,6,9-10H2,1-3H3. The summed E-state index contributed by atoms with van der Waals surface area (Å²) in [5.41, 5.74) is 2.36. The van der Waals surface area contributed by atoms with Gasteiger partial charge in [0, 0.05) is 25.9 Å². The molecule has 1 heterocycles. The minimum Gasteiger partial charge on any atom is -0.383 e. The Morgan fingerprint density at radius 3 is 2.94 bits per heavy atom. The summed E-state index contributed by atoms with van der Waals surface area (Å²) in [6.07, 6.45) is 4.15. The van der Waals surface area contributed by atoms with Gasteiger partial charge in [0.25, 0.3) is 0 Å². The van der Waals surface area contributed by atoms with Gasteiger partial charge in [0.1, 0.15) is 0 Å². The average molecular weight is 222 g/mol. The van der Waals surface area contributed by atoms with Crippen LogP contribution < -0.4 is 5.32 Å². The van der Waals surface area contributed by atoms with Gasteiger partial charge in [-0.15, -0.1) is 0 Å². The van der Waals surface area contributed by atoms with Gasteiger partial charge in [-0.3, -0.25) is 4.98 Å². The van der Waals surface area contributed by atoms with Crippen molar-refractivity contribution in [2.75, 3.05) is 13.7 Å². The molecule has 1 aromatic heterocycles. The van der Waals surface area contributed by atoms with E-state index < -0.39 is 0 Å². The SMILES string of the molecule is CCCC(COC)NCc1ncccc1C. The van der Waals surface area contributed by atoms with Crippen molar-refractivity contribution >= 4 is 0 Å². The molecule has 0 fully saturated rings. The van der Waals surface area contributed by atoms with E-state index in [4.69, 9.17) is 4.74 Å². The summed E-state index contributed by atoms with van der Waals surface area (Å²) in [4.78, 5) is 4.37. The zero-order valence-corrected chi connectivity index (χ0v) is 10.5. The van der Waals surface area contributed by atoms with E-state index in [0.717, 1.165) is 25.3 Å². The minimum atomic E-state index is 0.427. The molecule has 0 saturated carbocycles. The zero-order chi connectivity index (χ0) is 11.8. The number of pyridine rings is 1. The Hall–Kier alpha value is -0.930. The van der Waals surface area contributed by atoms with Gasteiger partial charge in [0.05, 0.1) is 12.3 Å². The third kappa shape index (κ3) is 4.29. The molecule has 1 atom stereocenters. The van der Waals surface area contributed by atoms with Crippen LogP contribution in [0.3, 0.4) is 0 Å². The Morgan fingerprint density at radius 1 is 1.50 bits per heavy atom. The van der Waals surface area contributed by atoms with Gasteiger partial charge >= 0.3 is 0 Å². The van der Waals surface area contributed by atoms with Crippen LogP contribution in [0.25, 0.3) is 0 Å². The summed E-state index contributed by atoms with van der Waals surface area (Å²) >= 11 is 0. The Bertz CT molecular complexity index is 296. The molecule has 0 aromatic carbocycles. The lowest BCUT2D eigenvalue weighted by Crippen LogP contribution is -2.33. The van der Waals surface area contributed by atoms with Gasteiger partial charge in [-0.1, -0.05) is 19.4 Å². The van der Waals surface area contributed by atoms with E-state index in [2.05, 4.69) is 30.2 Å². The molecule has 1 rings (SSSR count). The molecule has 1 unspecified atom stereocenters. The summed E-state index contributed by atoms with van der Waals surface area (Å²) in [6.45, 7) is 5.87. The largest absolute Gasteiger partial charge is 0.383 e. The van der Waals surface area contributed by atoms with Crippen LogP contribution in [0.1, 0.15) is 31.0 Å². The van der Waals surface area contributed by atoms with Crippen molar-refractivity contribution < 1.29 is 4.74 Å². The van der Waals surface area contributed by atoms with E-state index in [1.807, 2.05) is 12.3 Å². The normalized spacial score (nSPS) is 12.7. The molecule has 90 valence electrons. The fourth-order valence-corrected chi connectivity index (χ4v) is 1.74. The summed E-state index contributed by atoms with van der Waals surface area (Å²) in [5.74, 6) is 0. The second-order valence-electron chi connectivity index (χ2n) is 4.09. The van der Waals surface area contributed by atoms with Crippen LogP contribution in [0.2, 0.25) is 0 Å². The number of hydrogen-bond acceptors (Lipinski definition) is 3. The highest BCUT2D eigenvalue weighted by Crippen LogP contribution is 2.04. The summed E-state index contributed by atoms with van der Waals surface area (Å²) in [7, 11) is 1.75. The maximum absolute atomic E-state index is 5.19. The van der Waals surface area contributed by atoms with Crippen LogP contribution in [0.5, 0.6) is 0 Å². The zero-order valence-electron chi connectivity index (χ0n) is 10.5. The molecular weight excluding hydrogens is 200 g/mol. The number of nitrogens with one attached hydrogen (secondary N) is 1. The second-order valence-corrected chi connectivity index (χ2v) is 4.09. The molecule has 0 radical (unpaired) electrons. The van der Waals surface area contributed by atoms with Crippen molar-refractivity contribution in [1.29, 1.82) is 0 Å². The van der Waals surface area contributed by atoms with E-state index in [1.54, 1.807) is 7.11 Å². The van der Waals surface area contributed by atoms with E-state index >= 15 is 0 Å². The molecule has 0 bridgehead atoms. The van der Waals surface area contributed by atoms with E-state index in [9.17, 15) is 0 Å². The third-order valence-corrected chi connectivity index (χ3v) is 2.68. The van der Waals surface area contributed by atoms with Gasteiger partial charge in [-0.05, 0) is 25.0 Å². The molecule has 1 N–H and O–H groups in total. The number of rotatable bonds is 7. The highest BCUT2D eigenvalue weighted by atomic mass is 16.5. The van der Waals surface area contributed by atoms with Crippen molar-refractivity contribution in [3.8, 4) is 0 Å². The Morgan fingerprint density at radius 2 is 2.31 bits per heavy atom. The van der Waals surface area contributed by atoms with Crippen molar-refractivity contribution in [3.05, 3.63) is 29.6 Å². The smallest absolute Gasteiger partial charge is 0.0615 e. The first-order valence-electron chi connectivity index (χ1n) is 5.90. The molecule has 1 aromatic rings. The number of hydrogen-bond donors (Lipinski definition) is 1. The molecule has 0 aliphatic heterocycles. The van der Waals surface area contributed by atoms with Crippen LogP contribution in [0, 0.1) is 6.92 Å². The van der Waals surface area contributed by atoms with E-state index in [-0.39, 0.29) is 0 Å². The van der Waals surface area contributed by atoms with E-state index in [1.165, 1.54) is 12.0 Å². The highest BCUT2D eigenvalue weighted by Gasteiger charge is 2.07. The van der Waals surface area contributed by atoms with Gasteiger partial charge in [0.15, 0.2) is 0 Å². The predicted octanol–water partition coefficient (Wildman–Crippen LogP) is 2.29. The lowest BCUT2D eigenvalue weighted by molar-refractivity contribution is 0.161. The maximum Gasteiger partial charge on any atom is 0.0615 e. The molecule has 3 nitrogen and oxygen atoms in total. The van der Waals surface area contributed by atoms with Gasteiger partial charge in [0.2, 0.25) is 0 Å². The molecule has 0 saturated heterocycles. The molecule has 3 heteroatoms. The topological polar surface area (TPSA) is 34.1 Å². The van der Waals surface area contributed by atoms with Crippen molar-refractivity contribution in [2.45, 2.75) is 39.3 Å². The van der Waals surface area contributed by atoms with Crippen LogP contribution in [0.15, 0.2) is 18.3 Å². The lowest BCUT2D eigenvalue weighted by atomic mass is 10.1. The predicted molar refractivity (Wildman–Crippen MR) is 66.4 cm³/mol. The first-order valence-corrected chi connectivity index (χ1v) is 5.90. The van der Waals surface area contributed by atoms with Gasteiger partial charge < -0.3 is 10.1 Å². The van der Waals surface area contributed by atoms with Crippen LogP contribution in [-0.2, 0) is 11.3 Å². The fraction of sp³-hybridized carbons (Fsp3) is 0.615. The molecule has 0 aliphatic carbocycles. The number of aryl methyl sites for hydroxylation is 1. The molecule has 16 heavy (non-hydrogen) atoms. The Balaban J connectivity index is 2.45. The molecule has 0 aliphatic rings. The summed E-state index contributed by atoms with van der Waals surface area (Å²) < 4.78 is 5.19. The second kappa shape index (κ2) is 7.36. The molecule has 0 amide bonds.